The van der Waals surface area contributed by atoms with Gasteiger partial charge in [0.25, 0.3) is 0 Å². The highest BCUT2D eigenvalue weighted by Crippen LogP contribution is 2.46. The monoisotopic (exact) mass is 479 g/mol. The largest absolute Gasteiger partial charge is 0.467 e. The molecule has 3 rings (SSSR count). The summed E-state index contributed by atoms with van der Waals surface area (Å²) in [5, 5.41) is 15.7. The Morgan fingerprint density at radius 1 is 1.24 bits per heavy atom. The lowest BCUT2D eigenvalue weighted by Crippen LogP contribution is -2.56. The summed E-state index contributed by atoms with van der Waals surface area (Å²) < 4.78 is 10.3. The highest BCUT2D eigenvalue weighted by molar-refractivity contribution is 5.96. The molecule has 1 saturated heterocycles. The maximum atomic E-state index is 13.5. The number of methoxy groups -OCH3 is 1. The van der Waals surface area contributed by atoms with Crippen molar-refractivity contribution in [3.63, 3.8) is 0 Å². The van der Waals surface area contributed by atoms with E-state index in [4.69, 9.17) is 9.47 Å². The van der Waals surface area contributed by atoms with E-state index in [0.29, 0.717) is 19.3 Å². The van der Waals surface area contributed by atoms with Crippen LogP contribution in [0.2, 0.25) is 0 Å². The number of amides is 3. The van der Waals surface area contributed by atoms with Crippen LogP contribution in [0.4, 0.5) is 4.79 Å². The summed E-state index contributed by atoms with van der Waals surface area (Å²) >= 11 is 0. The van der Waals surface area contributed by atoms with Crippen molar-refractivity contribution in [2.24, 2.45) is 5.92 Å². The Bertz CT molecular complexity index is 837. The van der Waals surface area contributed by atoms with Crippen molar-refractivity contribution in [3.05, 3.63) is 12.2 Å². The van der Waals surface area contributed by atoms with E-state index in [1.807, 2.05) is 12.2 Å². The van der Waals surface area contributed by atoms with Crippen LogP contribution in [0.25, 0.3) is 0 Å². The number of rotatable bonds is 2. The van der Waals surface area contributed by atoms with E-state index in [0.717, 1.165) is 19.3 Å². The van der Waals surface area contributed by atoms with Gasteiger partial charge in [-0.05, 0) is 46.5 Å². The highest BCUT2D eigenvalue weighted by Gasteiger charge is 2.62. The van der Waals surface area contributed by atoms with Crippen molar-refractivity contribution in [1.82, 2.24) is 15.5 Å². The molecule has 0 radical (unpaired) electrons. The lowest BCUT2D eigenvalue weighted by molar-refractivity contribution is -0.148. The van der Waals surface area contributed by atoms with Crippen LogP contribution in [0.15, 0.2) is 12.2 Å². The lowest BCUT2D eigenvalue weighted by atomic mass is 10.0. The third-order valence-electron chi connectivity index (χ3n) is 6.50. The number of allylic oxidation sites excluding steroid dienone is 1. The van der Waals surface area contributed by atoms with Crippen LogP contribution in [0.5, 0.6) is 0 Å². The zero-order valence-electron chi connectivity index (χ0n) is 20.5. The molecule has 2 heterocycles. The fourth-order valence-corrected chi connectivity index (χ4v) is 4.70. The van der Waals surface area contributed by atoms with Crippen LogP contribution in [0.1, 0.15) is 65.7 Å². The maximum absolute atomic E-state index is 13.5. The number of aliphatic hydroxyl groups is 1. The Kier molecular flexibility index (Phi) is 7.90. The number of ether oxygens (including phenoxy) is 2. The number of hydrogen-bond acceptors (Lipinski definition) is 7. The first-order chi connectivity index (χ1) is 16.0. The first kappa shape index (κ1) is 26.0. The van der Waals surface area contributed by atoms with Gasteiger partial charge in [0, 0.05) is 18.9 Å². The van der Waals surface area contributed by atoms with E-state index >= 15 is 0 Å². The van der Waals surface area contributed by atoms with Crippen molar-refractivity contribution in [2.75, 3.05) is 13.7 Å². The first-order valence-corrected chi connectivity index (χ1v) is 12.0. The summed E-state index contributed by atoms with van der Waals surface area (Å²) in [6, 6.07) is -1.85. The molecule has 2 aliphatic heterocycles. The van der Waals surface area contributed by atoms with Crippen molar-refractivity contribution < 1.29 is 33.8 Å². The second-order valence-corrected chi connectivity index (χ2v) is 10.4. The van der Waals surface area contributed by atoms with E-state index in [2.05, 4.69) is 10.6 Å². The van der Waals surface area contributed by atoms with Gasteiger partial charge in [0.15, 0.2) is 0 Å². The van der Waals surface area contributed by atoms with Gasteiger partial charge in [0.2, 0.25) is 11.8 Å². The number of aliphatic hydroxyl groups excluding tert-OH is 1. The molecule has 1 saturated carbocycles. The first-order valence-electron chi connectivity index (χ1n) is 12.0. The van der Waals surface area contributed by atoms with Gasteiger partial charge in [0.1, 0.15) is 23.2 Å². The minimum Gasteiger partial charge on any atom is -0.467 e. The average Bonchev–Trinajstić information content (AvgIpc) is 3.29. The quantitative estimate of drug-likeness (QED) is 0.403. The highest BCUT2D eigenvalue weighted by atomic mass is 16.6. The molecule has 0 unspecified atom stereocenters. The number of nitrogens with zero attached hydrogens (tertiary/aromatic N) is 1. The number of alkyl carbamates (subject to hydrolysis) is 1. The topological polar surface area (TPSA) is 134 Å². The van der Waals surface area contributed by atoms with Crippen molar-refractivity contribution in [1.29, 1.82) is 0 Å². The molecule has 3 amide bonds. The molecule has 34 heavy (non-hydrogen) atoms. The predicted molar refractivity (Wildman–Crippen MR) is 123 cm³/mol. The summed E-state index contributed by atoms with van der Waals surface area (Å²) in [7, 11) is 1.28. The van der Waals surface area contributed by atoms with Gasteiger partial charge in [0.05, 0.1) is 13.2 Å². The van der Waals surface area contributed by atoms with E-state index in [9.17, 15) is 24.3 Å². The summed E-state index contributed by atoms with van der Waals surface area (Å²) in [5.74, 6) is -1.67. The Hall–Kier alpha value is -2.62. The Morgan fingerprint density at radius 2 is 1.97 bits per heavy atom. The molecule has 0 aromatic heterocycles. The fourth-order valence-electron chi connectivity index (χ4n) is 4.70. The molecule has 0 aromatic carbocycles. The molecule has 5 atom stereocenters. The zero-order valence-corrected chi connectivity index (χ0v) is 20.5. The molecule has 3 N–H and O–H groups in total. The molecule has 10 nitrogen and oxygen atoms in total. The third kappa shape index (κ3) is 6.08. The van der Waals surface area contributed by atoms with Crippen LogP contribution >= 0.6 is 0 Å². The van der Waals surface area contributed by atoms with Gasteiger partial charge in [-0.1, -0.05) is 25.0 Å². The number of nitrogens with one attached hydrogen (secondary N) is 2. The second kappa shape index (κ2) is 10.3. The molecular formula is C24H37N3O7. The van der Waals surface area contributed by atoms with Crippen LogP contribution in [0.3, 0.4) is 0 Å². The summed E-state index contributed by atoms with van der Waals surface area (Å²) in [5.41, 5.74) is -1.88. The molecule has 0 bridgehead atoms. The summed E-state index contributed by atoms with van der Waals surface area (Å²) in [4.78, 5) is 53.0. The van der Waals surface area contributed by atoms with E-state index in [1.54, 1.807) is 20.8 Å². The number of fused-ring (bicyclic) bond motifs is 2. The number of carbonyl (C=O) groups excluding carboxylic acids is 4. The van der Waals surface area contributed by atoms with Crippen molar-refractivity contribution in [3.8, 4) is 0 Å². The van der Waals surface area contributed by atoms with Gasteiger partial charge >= 0.3 is 12.1 Å². The van der Waals surface area contributed by atoms with Crippen LogP contribution in [0, 0.1) is 5.92 Å². The SMILES string of the molecule is COC(=O)[C@@]12C[C@H]1C=CCCCCC[C@H](NC(=O)OC(C)(C)C)C(=O)N1C[C@H](O)C[C@H]1C(=O)N2. The predicted octanol–water partition coefficient (Wildman–Crippen LogP) is 1.41. The lowest BCUT2D eigenvalue weighted by Gasteiger charge is -2.30. The molecule has 3 aliphatic rings. The summed E-state index contributed by atoms with van der Waals surface area (Å²) in [6.07, 6.45) is 6.45. The molecular weight excluding hydrogens is 442 g/mol. The molecule has 190 valence electrons. The van der Waals surface area contributed by atoms with Crippen LogP contribution in [-0.4, -0.2) is 76.9 Å². The number of carbonyl (C=O) groups is 4. The van der Waals surface area contributed by atoms with Crippen molar-refractivity contribution >= 4 is 23.9 Å². The number of hydrogen-bond donors (Lipinski definition) is 3. The normalized spacial score (nSPS) is 32.4. The second-order valence-electron chi connectivity index (χ2n) is 10.4. The van der Waals surface area contributed by atoms with Gasteiger partial charge < -0.3 is 30.1 Å². The Balaban J connectivity index is 1.84. The third-order valence-corrected chi connectivity index (χ3v) is 6.50. The molecule has 1 aliphatic carbocycles. The standard InChI is InChI=1S/C24H37N3O7/c1-23(2,3)34-22(32)25-17-11-9-7-5-6-8-10-15-13-24(15,21(31)33-4)26-19(29)18-12-16(28)14-27(18)20(17)30/h8,10,15-18,28H,5-7,9,11-14H2,1-4H3,(H,25,32)(H,26,29)/t15-,16-,17+,18+,24-/m1/s1. The Labute approximate surface area is 200 Å². The van der Waals surface area contributed by atoms with E-state index in [1.165, 1.54) is 12.0 Å². The average molecular weight is 480 g/mol. The zero-order chi connectivity index (χ0) is 25.1. The molecule has 0 aromatic rings. The molecule has 2 fully saturated rings. The maximum Gasteiger partial charge on any atom is 0.408 e. The van der Waals surface area contributed by atoms with Gasteiger partial charge in [-0.2, -0.15) is 0 Å². The molecule has 10 heteroatoms. The van der Waals surface area contributed by atoms with E-state index < -0.39 is 53.2 Å². The van der Waals surface area contributed by atoms with Crippen molar-refractivity contribution in [2.45, 2.75) is 95.0 Å². The minimum absolute atomic E-state index is 0.0298. The molecule has 0 spiro atoms. The minimum atomic E-state index is -1.15. The van der Waals surface area contributed by atoms with Gasteiger partial charge in [-0.15, -0.1) is 0 Å². The Morgan fingerprint density at radius 3 is 2.65 bits per heavy atom. The smallest absolute Gasteiger partial charge is 0.408 e. The van der Waals surface area contributed by atoms with E-state index in [-0.39, 0.29) is 18.9 Å². The summed E-state index contributed by atoms with van der Waals surface area (Å²) in [6.45, 7) is 5.17. The number of esters is 1. The fraction of sp³-hybridized carbons (Fsp3) is 0.750. The van der Waals surface area contributed by atoms with Crippen LogP contribution < -0.4 is 10.6 Å². The van der Waals surface area contributed by atoms with Gasteiger partial charge in [-0.3, -0.25) is 9.59 Å². The van der Waals surface area contributed by atoms with Crippen LogP contribution in [-0.2, 0) is 23.9 Å². The van der Waals surface area contributed by atoms with Gasteiger partial charge in [-0.25, -0.2) is 9.59 Å².